The van der Waals surface area contributed by atoms with Gasteiger partial charge in [-0.15, -0.1) is 0 Å². The number of benzene rings is 2. The van der Waals surface area contributed by atoms with Gasteiger partial charge in [-0.1, -0.05) is 69.5 Å². The van der Waals surface area contributed by atoms with Crippen molar-refractivity contribution in [2.24, 2.45) is 0 Å². The predicted molar refractivity (Wildman–Crippen MR) is 116 cm³/mol. The van der Waals surface area contributed by atoms with Crippen molar-refractivity contribution in [1.29, 1.82) is 0 Å². The van der Waals surface area contributed by atoms with E-state index in [-0.39, 0.29) is 0 Å². The molecule has 0 atom stereocenters. The number of carbonyl (C=O) groups excluding carboxylic acids is 1. The predicted octanol–water partition coefficient (Wildman–Crippen LogP) is 6.05. The maximum absolute atomic E-state index is 12.3. The molecule has 0 N–H and O–H groups in total. The van der Waals surface area contributed by atoms with Crippen LogP contribution < -0.4 is 4.74 Å². The highest BCUT2D eigenvalue weighted by Gasteiger charge is 2.10. The first kappa shape index (κ1) is 20.7. The molecule has 0 aliphatic rings. The summed E-state index contributed by atoms with van der Waals surface area (Å²) in [6.45, 7) is 4.35. The number of hydrogen-bond donors (Lipinski definition) is 0. The Morgan fingerprint density at radius 3 is 2.03 bits per heavy atom. The van der Waals surface area contributed by atoms with Gasteiger partial charge in [0.1, 0.15) is 0 Å². The van der Waals surface area contributed by atoms with Crippen LogP contribution in [-0.4, -0.2) is 15.9 Å². The standard InChI is InChI=1S/C25H28N2O2/c1-3-5-6-8-20-9-13-21(14-10-20)24-26-17-23(18-27-24)29-25(28)22-15-11-19(7-4-2)12-16-22/h9-18H,3-8H2,1-2H3. The first-order valence-corrected chi connectivity index (χ1v) is 10.4. The molecule has 1 heterocycles. The molecule has 0 saturated carbocycles. The van der Waals surface area contributed by atoms with Gasteiger partial charge in [0.25, 0.3) is 0 Å². The zero-order valence-electron chi connectivity index (χ0n) is 17.2. The molecule has 1 aromatic heterocycles. The molecule has 4 nitrogen and oxygen atoms in total. The summed E-state index contributed by atoms with van der Waals surface area (Å²) in [5.74, 6) is 0.558. The van der Waals surface area contributed by atoms with E-state index in [4.69, 9.17) is 4.74 Å². The van der Waals surface area contributed by atoms with Gasteiger partial charge >= 0.3 is 5.97 Å². The van der Waals surface area contributed by atoms with E-state index in [1.54, 1.807) is 24.5 Å². The normalized spacial score (nSPS) is 10.7. The molecule has 0 fully saturated rings. The van der Waals surface area contributed by atoms with Gasteiger partial charge in [0.15, 0.2) is 11.6 Å². The zero-order valence-corrected chi connectivity index (χ0v) is 17.2. The summed E-state index contributed by atoms with van der Waals surface area (Å²) in [5, 5.41) is 0. The van der Waals surface area contributed by atoms with Crippen molar-refractivity contribution >= 4 is 5.97 Å². The van der Waals surface area contributed by atoms with E-state index in [1.807, 2.05) is 24.3 Å². The molecule has 0 aliphatic heterocycles. The number of ether oxygens (including phenoxy) is 1. The van der Waals surface area contributed by atoms with Gasteiger partial charge in [-0.05, 0) is 42.5 Å². The smallest absolute Gasteiger partial charge is 0.343 e. The molecular formula is C25H28N2O2. The van der Waals surface area contributed by atoms with Crippen molar-refractivity contribution in [3.63, 3.8) is 0 Å². The summed E-state index contributed by atoms with van der Waals surface area (Å²) in [6.07, 6.45) is 9.97. The van der Waals surface area contributed by atoms with Crippen molar-refractivity contribution in [2.45, 2.75) is 52.4 Å². The molecule has 4 heteroatoms. The minimum absolute atomic E-state index is 0.340. The van der Waals surface area contributed by atoms with E-state index < -0.39 is 5.97 Å². The van der Waals surface area contributed by atoms with E-state index in [1.165, 1.54) is 30.4 Å². The maximum atomic E-state index is 12.3. The van der Waals surface area contributed by atoms with Crippen LogP contribution in [0.5, 0.6) is 5.75 Å². The topological polar surface area (TPSA) is 52.1 Å². The Balaban J connectivity index is 1.60. The van der Waals surface area contributed by atoms with E-state index in [9.17, 15) is 4.79 Å². The summed E-state index contributed by atoms with van der Waals surface area (Å²) in [4.78, 5) is 21.0. The van der Waals surface area contributed by atoms with Crippen LogP contribution in [0.4, 0.5) is 0 Å². The highest BCUT2D eigenvalue weighted by molar-refractivity contribution is 5.91. The lowest BCUT2D eigenvalue weighted by Gasteiger charge is -2.06. The molecule has 2 aromatic carbocycles. The second kappa shape index (κ2) is 10.5. The van der Waals surface area contributed by atoms with Crippen molar-refractivity contribution in [1.82, 2.24) is 9.97 Å². The van der Waals surface area contributed by atoms with Crippen molar-refractivity contribution in [3.8, 4) is 17.1 Å². The number of unbranched alkanes of at least 4 members (excludes halogenated alkanes) is 2. The van der Waals surface area contributed by atoms with Crippen LogP contribution >= 0.6 is 0 Å². The summed E-state index contributed by atoms with van der Waals surface area (Å²) in [6, 6.07) is 15.9. The minimum atomic E-state index is -0.402. The van der Waals surface area contributed by atoms with Crippen LogP contribution in [0, 0.1) is 0 Å². The number of aryl methyl sites for hydroxylation is 2. The van der Waals surface area contributed by atoms with Crippen LogP contribution in [0.25, 0.3) is 11.4 Å². The number of carbonyl (C=O) groups is 1. The lowest BCUT2D eigenvalue weighted by atomic mass is 10.1. The van der Waals surface area contributed by atoms with Gasteiger partial charge in [-0.25, -0.2) is 14.8 Å². The summed E-state index contributed by atoms with van der Waals surface area (Å²) < 4.78 is 5.40. The lowest BCUT2D eigenvalue weighted by Crippen LogP contribution is -2.09. The Kier molecular flexibility index (Phi) is 7.51. The Hall–Kier alpha value is -3.01. The van der Waals surface area contributed by atoms with Gasteiger partial charge in [0.05, 0.1) is 18.0 Å². The maximum Gasteiger partial charge on any atom is 0.343 e. The monoisotopic (exact) mass is 388 g/mol. The largest absolute Gasteiger partial charge is 0.420 e. The van der Waals surface area contributed by atoms with Crippen molar-refractivity contribution in [2.75, 3.05) is 0 Å². The third kappa shape index (κ3) is 5.98. The lowest BCUT2D eigenvalue weighted by molar-refractivity contribution is 0.0733. The second-order valence-electron chi connectivity index (χ2n) is 7.23. The first-order chi connectivity index (χ1) is 14.2. The summed E-state index contributed by atoms with van der Waals surface area (Å²) in [5.41, 5.74) is 4.02. The molecule has 0 unspecified atom stereocenters. The fourth-order valence-corrected chi connectivity index (χ4v) is 3.18. The number of aromatic nitrogens is 2. The molecule has 3 rings (SSSR count). The number of esters is 1. The van der Waals surface area contributed by atoms with Crippen LogP contribution in [-0.2, 0) is 12.8 Å². The quantitative estimate of drug-likeness (QED) is 0.331. The highest BCUT2D eigenvalue weighted by Crippen LogP contribution is 2.19. The molecule has 0 spiro atoms. The van der Waals surface area contributed by atoms with E-state index >= 15 is 0 Å². The molecular weight excluding hydrogens is 360 g/mol. The third-order valence-corrected chi connectivity index (χ3v) is 4.85. The summed E-state index contributed by atoms with van der Waals surface area (Å²) >= 11 is 0. The zero-order chi connectivity index (χ0) is 20.5. The van der Waals surface area contributed by atoms with Gasteiger partial charge < -0.3 is 4.74 Å². The SMILES string of the molecule is CCCCCc1ccc(-c2ncc(OC(=O)c3ccc(CCC)cc3)cn2)cc1. The van der Waals surface area contributed by atoms with E-state index in [0.717, 1.165) is 24.8 Å². The first-order valence-electron chi connectivity index (χ1n) is 10.4. The molecule has 29 heavy (non-hydrogen) atoms. The molecule has 3 aromatic rings. The molecule has 0 radical (unpaired) electrons. The highest BCUT2D eigenvalue weighted by atomic mass is 16.5. The van der Waals surface area contributed by atoms with Crippen molar-refractivity contribution < 1.29 is 9.53 Å². The van der Waals surface area contributed by atoms with Gasteiger partial charge in [-0.2, -0.15) is 0 Å². The summed E-state index contributed by atoms with van der Waals surface area (Å²) in [7, 11) is 0. The fraction of sp³-hybridized carbons (Fsp3) is 0.320. The van der Waals surface area contributed by atoms with E-state index in [0.29, 0.717) is 17.1 Å². The Bertz CT molecular complexity index is 901. The van der Waals surface area contributed by atoms with Crippen LogP contribution in [0.2, 0.25) is 0 Å². The van der Waals surface area contributed by atoms with Gasteiger partial charge in [-0.3, -0.25) is 0 Å². The second-order valence-corrected chi connectivity index (χ2v) is 7.23. The van der Waals surface area contributed by atoms with Crippen LogP contribution in [0.15, 0.2) is 60.9 Å². The Morgan fingerprint density at radius 2 is 1.41 bits per heavy atom. The van der Waals surface area contributed by atoms with E-state index in [2.05, 4.69) is 35.9 Å². The van der Waals surface area contributed by atoms with Crippen LogP contribution in [0.3, 0.4) is 0 Å². The average molecular weight is 389 g/mol. The number of hydrogen-bond acceptors (Lipinski definition) is 4. The van der Waals surface area contributed by atoms with Gasteiger partial charge in [0.2, 0.25) is 0 Å². The third-order valence-electron chi connectivity index (χ3n) is 4.85. The number of rotatable bonds is 9. The number of nitrogens with zero attached hydrogens (tertiary/aromatic N) is 2. The molecule has 0 aliphatic carbocycles. The Labute approximate surface area is 173 Å². The molecule has 0 bridgehead atoms. The molecule has 150 valence electrons. The van der Waals surface area contributed by atoms with Crippen LogP contribution in [0.1, 0.15) is 61.0 Å². The Morgan fingerprint density at radius 1 is 0.793 bits per heavy atom. The minimum Gasteiger partial charge on any atom is -0.420 e. The van der Waals surface area contributed by atoms with Crippen molar-refractivity contribution in [3.05, 3.63) is 77.6 Å². The molecule has 0 amide bonds. The molecule has 0 saturated heterocycles. The fourth-order valence-electron chi connectivity index (χ4n) is 3.18. The average Bonchev–Trinajstić information content (AvgIpc) is 2.76. The van der Waals surface area contributed by atoms with Gasteiger partial charge in [0, 0.05) is 5.56 Å².